The zero-order chi connectivity index (χ0) is 26.0. The van der Waals surface area contributed by atoms with Crippen LogP contribution < -0.4 is 5.32 Å². The zero-order valence-electron chi connectivity index (χ0n) is 21.0. The Kier molecular flexibility index (Phi) is 7.26. The molecule has 0 aromatic heterocycles. The maximum absolute atomic E-state index is 14.2. The van der Waals surface area contributed by atoms with Crippen molar-refractivity contribution in [2.75, 3.05) is 32.8 Å². The molecule has 0 unspecified atom stereocenters. The molecule has 2 aromatic carbocycles. The number of carbonyl (C=O) groups is 3. The first-order valence-electron chi connectivity index (χ1n) is 12.9. The minimum atomic E-state index is -1.03. The van der Waals surface area contributed by atoms with Crippen LogP contribution in [0.3, 0.4) is 0 Å². The fourth-order valence-corrected chi connectivity index (χ4v) is 5.49. The minimum absolute atomic E-state index is 0.0184. The molecule has 0 radical (unpaired) electrons. The summed E-state index contributed by atoms with van der Waals surface area (Å²) in [4.78, 5) is 43.2. The van der Waals surface area contributed by atoms with Gasteiger partial charge in [0.2, 0.25) is 5.91 Å². The Morgan fingerprint density at radius 3 is 2.57 bits per heavy atom. The van der Waals surface area contributed by atoms with Gasteiger partial charge < -0.3 is 19.7 Å². The van der Waals surface area contributed by atoms with E-state index in [-0.39, 0.29) is 43.2 Å². The normalized spacial score (nSPS) is 22.9. The Bertz CT molecular complexity index is 1170. The molecule has 3 aliphatic rings. The van der Waals surface area contributed by atoms with E-state index in [9.17, 15) is 18.8 Å². The number of nitrogens with zero attached hydrogens (tertiary/aromatic N) is 2. The summed E-state index contributed by atoms with van der Waals surface area (Å²) in [6.07, 6.45) is 2.48. The second kappa shape index (κ2) is 10.6. The van der Waals surface area contributed by atoms with Crippen LogP contribution in [0.1, 0.15) is 52.0 Å². The fraction of sp³-hybridized carbons (Fsp3) is 0.464. The molecule has 9 heteroatoms. The predicted octanol–water partition coefficient (Wildman–Crippen LogP) is 2.90. The number of halogens is 1. The van der Waals surface area contributed by atoms with Gasteiger partial charge in [-0.2, -0.15) is 0 Å². The molecule has 2 aromatic rings. The molecule has 3 fully saturated rings. The molecule has 5 rings (SSSR count). The maximum Gasteiger partial charge on any atom is 0.256 e. The Morgan fingerprint density at radius 2 is 1.86 bits per heavy atom. The van der Waals surface area contributed by atoms with E-state index in [1.165, 1.54) is 12.1 Å². The summed E-state index contributed by atoms with van der Waals surface area (Å²) in [5.41, 5.74) is 0.403. The van der Waals surface area contributed by atoms with Crippen LogP contribution in [0, 0.1) is 12.7 Å². The molecule has 3 saturated heterocycles. The molecule has 37 heavy (non-hydrogen) atoms. The van der Waals surface area contributed by atoms with Gasteiger partial charge in [-0.1, -0.05) is 29.8 Å². The van der Waals surface area contributed by atoms with Crippen LogP contribution in [0.2, 0.25) is 0 Å². The molecule has 3 heterocycles. The van der Waals surface area contributed by atoms with Crippen LogP contribution in [0.25, 0.3) is 0 Å². The highest BCUT2D eigenvalue weighted by Crippen LogP contribution is 2.39. The first kappa shape index (κ1) is 25.4. The van der Waals surface area contributed by atoms with Crippen LogP contribution in [0.15, 0.2) is 48.5 Å². The zero-order valence-corrected chi connectivity index (χ0v) is 21.0. The number of nitrogens with one attached hydrogen (secondary N) is 1. The van der Waals surface area contributed by atoms with Gasteiger partial charge in [0.25, 0.3) is 11.8 Å². The fourth-order valence-electron chi connectivity index (χ4n) is 5.49. The molecule has 0 aliphatic carbocycles. The Hall–Kier alpha value is -3.30. The van der Waals surface area contributed by atoms with Crippen molar-refractivity contribution in [3.8, 4) is 0 Å². The van der Waals surface area contributed by atoms with Crippen LogP contribution >= 0.6 is 0 Å². The van der Waals surface area contributed by atoms with Gasteiger partial charge in [-0.15, -0.1) is 0 Å². The van der Waals surface area contributed by atoms with Crippen LogP contribution in [-0.4, -0.2) is 78.2 Å². The van der Waals surface area contributed by atoms with E-state index >= 15 is 0 Å². The van der Waals surface area contributed by atoms with E-state index in [1.807, 2.05) is 19.1 Å². The summed E-state index contributed by atoms with van der Waals surface area (Å²) in [5, 5.41) is 2.95. The molecular weight excluding hydrogens is 477 g/mol. The van der Waals surface area contributed by atoms with Gasteiger partial charge in [0.15, 0.2) is 0 Å². The van der Waals surface area contributed by atoms with E-state index in [2.05, 4.69) is 5.32 Å². The van der Waals surface area contributed by atoms with E-state index in [0.29, 0.717) is 31.6 Å². The topological polar surface area (TPSA) is 88.2 Å². The molecule has 1 spiro atoms. The Labute approximate surface area is 215 Å². The van der Waals surface area contributed by atoms with E-state index < -0.39 is 23.5 Å². The van der Waals surface area contributed by atoms with E-state index in [0.717, 1.165) is 18.4 Å². The number of likely N-dealkylation sites (tertiary alicyclic amines) is 1. The first-order valence-corrected chi connectivity index (χ1v) is 12.9. The van der Waals surface area contributed by atoms with E-state index in [4.69, 9.17) is 9.47 Å². The highest BCUT2D eigenvalue weighted by Gasteiger charge is 2.54. The highest BCUT2D eigenvalue weighted by molar-refractivity contribution is 5.99. The Morgan fingerprint density at radius 1 is 1.08 bits per heavy atom. The van der Waals surface area contributed by atoms with E-state index in [1.54, 1.807) is 34.1 Å². The van der Waals surface area contributed by atoms with Gasteiger partial charge in [0.05, 0.1) is 18.3 Å². The quantitative estimate of drug-likeness (QED) is 0.670. The molecule has 8 nitrogen and oxygen atoms in total. The summed E-state index contributed by atoms with van der Waals surface area (Å²) in [5.74, 6) is -1.52. The first-order chi connectivity index (χ1) is 17.9. The number of hydrogen-bond acceptors (Lipinski definition) is 5. The summed E-state index contributed by atoms with van der Waals surface area (Å²) in [7, 11) is 0. The van der Waals surface area contributed by atoms with Crippen molar-refractivity contribution in [3.05, 3.63) is 71.0 Å². The van der Waals surface area contributed by atoms with Crippen molar-refractivity contribution in [3.63, 3.8) is 0 Å². The lowest BCUT2D eigenvalue weighted by Gasteiger charge is -2.44. The summed E-state index contributed by atoms with van der Waals surface area (Å²) >= 11 is 0. The number of rotatable bonds is 5. The van der Waals surface area contributed by atoms with Crippen molar-refractivity contribution >= 4 is 17.7 Å². The number of benzene rings is 2. The maximum atomic E-state index is 14.2. The number of piperidine rings is 1. The second-order valence-electron chi connectivity index (χ2n) is 9.97. The van der Waals surface area contributed by atoms with Crippen molar-refractivity contribution in [2.24, 2.45) is 0 Å². The molecule has 196 valence electrons. The monoisotopic (exact) mass is 509 g/mol. The smallest absolute Gasteiger partial charge is 0.256 e. The lowest BCUT2D eigenvalue weighted by molar-refractivity contribution is -0.128. The minimum Gasteiger partial charge on any atom is -0.376 e. The third kappa shape index (κ3) is 5.10. The lowest BCUT2D eigenvalue weighted by Crippen LogP contribution is -2.60. The van der Waals surface area contributed by atoms with Gasteiger partial charge in [0, 0.05) is 44.6 Å². The van der Waals surface area contributed by atoms with Crippen LogP contribution in [-0.2, 0) is 14.3 Å². The number of amides is 3. The highest BCUT2D eigenvalue weighted by atomic mass is 19.1. The summed E-state index contributed by atoms with van der Waals surface area (Å²) in [6.45, 7) is 3.60. The third-order valence-electron chi connectivity index (χ3n) is 7.51. The number of aryl methyl sites for hydroxylation is 1. The molecule has 0 bridgehead atoms. The number of hydrogen-bond donors (Lipinski definition) is 1. The number of ether oxygens (including phenoxy) is 2. The molecule has 3 aliphatic heterocycles. The molecule has 2 atom stereocenters. The van der Waals surface area contributed by atoms with Crippen molar-refractivity contribution < 1.29 is 28.2 Å². The number of carbonyl (C=O) groups excluding carboxylic acids is 3. The van der Waals surface area contributed by atoms with Crippen molar-refractivity contribution in [1.82, 2.24) is 15.1 Å². The SMILES string of the molecule is Cc1cccc(C(=O)N2[C@H](C(=O)NC[C@H]3CCCO3)COC23CCN(C(=O)c2ccccc2F)CC3)c1. The standard InChI is InChI=1S/C28H32FN3O5/c1-19-6-4-7-20(16-19)26(34)32-24(25(33)30-17-21-8-5-15-36-21)18-37-28(32)11-13-31(14-12-28)27(35)22-9-2-3-10-23(22)29/h2-4,6-7,9-10,16,21,24H,5,8,11-15,17-18H2,1H3,(H,30,33)/t21-,24+/m1/s1. The van der Waals surface area contributed by atoms with Crippen LogP contribution in [0.4, 0.5) is 4.39 Å². The molecule has 1 N–H and O–H groups in total. The van der Waals surface area contributed by atoms with Crippen molar-refractivity contribution in [2.45, 2.75) is 50.5 Å². The van der Waals surface area contributed by atoms with Gasteiger partial charge in [-0.25, -0.2) is 4.39 Å². The van der Waals surface area contributed by atoms with Crippen LogP contribution in [0.5, 0.6) is 0 Å². The molecule has 3 amide bonds. The van der Waals surface area contributed by atoms with Gasteiger partial charge in [0.1, 0.15) is 17.6 Å². The lowest BCUT2D eigenvalue weighted by atomic mass is 9.95. The van der Waals surface area contributed by atoms with Crippen molar-refractivity contribution in [1.29, 1.82) is 0 Å². The Balaban J connectivity index is 1.36. The van der Waals surface area contributed by atoms with Gasteiger partial charge in [-0.3, -0.25) is 19.3 Å². The average Bonchev–Trinajstić information content (AvgIpc) is 3.56. The average molecular weight is 510 g/mol. The third-order valence-corrected chi connectivity index (χ3v) is 7.51. The van der Waals surface area contributed by atoms with Gasteiger partial charge in [-0.05, 0) is 44.0 Å². The summed E-state index contributed by atoms with van der Waals surface area (Å²) in [6, 6.07) is 12.4. The molecule has 0 saturated carbocycles. The predicted molar refractivity (Wildman–Crippen MR) is 133 cm³/mol. The largest absolute Gasteiger partial charge is 0.376 e. The summed E-state index contributed by atoms with van der Waals surface area (Å²) < 4.78 is 26.1. The second-order valence-corrected chi connectivity index (χ2v) is 9.97. The molecular formula is C28H32FN3O5. The van der Waals surface area contributed by atoms with Gasteiger partial charge >= 0.3 is 0 Å².